The fourth-order valence-electron chi connectivity index (χ4n) is 3.99. The monoisotopic (exact) mass is 424 g/mol. The lowest BCUT2D eigenvalue weighted by Gasteiger charge is -2.25. The molecule has 1 aromatic heterocycles. The smallest absolute Gasteiger partial charge is 0.254 e. The zero-order valence-electron chi connectivity index (χ0n) is 19.8. The molecule has 0 N–H and O–H groups in total. The van der Waals surface area contributed by atoms with Crippen molar-refractivity contribution in [2.45, 2.75) is 46.7 Å². The van der Waals surface area contributed by atoms with Gasteiger partial charge in [0.2, 0.25) is 0 Å². The van der Waals surface area contributed by atoms with Crippen LogP contribution < -0.4 is 4.74 Å². The summed E-state index contributed by atoms with van der Waals surface area (Å²) >= 11 is 0. The van der Waals surface area contributed by atoms with Gasteiger partial charge in [0.25, 0.3) is 5.91 Å². The van der Waals surface area contributed by atoms with Gasteiger partial charge in [0.15, 0.2) is 0 Å². The normalized spacial score (nSPS) is 15.4. The van der Waals surface area contributed by atoms with Gasteiger partial charge in [0.05, 0.1) is 5.69 Å². The van der Waals surface area contributed by atoms with Crippen LogP contribution in [0, 0.1) is 13.8 Å². The van der Waals surface area contributed by atoms with Crippen molar-refractivity contribution in [3.05, 3.63) is 52.8 Å². The molecule has 0 saturated carbocycles. The van der Waals surface area contributed by atoms with E-state index >= 15 is 0 Å². The van der Waals surface area contributed by atoms with Gasteiger partial charge in [-0.15, -0.1) is 0 Å². The second-order valence-corrected chi connectivity index (χ2v) is 8.97. The first-order chi connectivity index (χ1) is 14.7. The van der Waals surface area contributed by atoms with Crippen molar-refractivity contribution in [3.8, 4) is 11.5 Å². The van der Waals surface area contributed by atoms with Crippen LogP contribution in [0.3, 0.4) is 0 Å². The third-order valence-corrected chi connectivity index (χ3v) is 5.75. The molecule has 0 unspecified atom stereocenters. The number of hydrogen-bond donors (Lipinski definition) is 0. The van der Waals surface area contributed by atoms with Crippen molar-refractivity contribution in [1.82, 2.24) is 19.7 Å². The Labute approximate surface area is 186 Å². The van der Waals surface area contributed by atoms with Crippen LogP contribution in [-0.4, -0.2) is 71.9 Å². The minimum atomic E-state index is 0.0746. The van der Waals surface area contributed by atoms with Crippen LogP contribution in [0.2, 0.25) is 0 Å². The Morgan fingerprint density at radius 2 is 1.84 bits per heavy atom. The fourth-order valence-corrected chi connectivity index (χ4v) is 3.99. The molecule has 0 spiro atoms. The maximum absolute atomic E-state index is 13.3. The Morgan fingerprint density at radius 3 is 2.52 bits per heavy atom. The largest absolute Gasteiger partial charge is 0.455 e. The minimum absolute atomic E-state index is 0.0746. The van der Waals surface area contributed by atoms with Gasteiger partial charge in [-0.05, 0) is 72.5 Å². The molecule has 1 amide bonds. The van der Waals surface area contributed by atoms with E-state index in [0.717, 1.165) is 61.8 Å². The summed E-state index contributed by atoms with van der Waals surface area (Å²) in [7, 11) is 4.05. The molecule has 6 nitrogen and oxygen atoms in total. The van der Waals surface area contributed by atoms with E-state index in [0.29, 0.717) is 17.4 Å². The molecule has 1 aliphatic rings. The highest BCUT2D eigenvalue weighted by molar-refractivity contribution is 5.94. The SMILES string of the molecule is Cc1ccc(Oc2cc(C(=O)N3CCCN(C(C)C)CC3)ccc2CN(C)C)c(C)n1. The number of ether oxygens (including phenoxy) is 1. The highest BCUT2D eigenvalue weighted by Gasteiger charge is 2.22. The molecule has 0 bridgehead atoms. The second-order valence-electron chi connectivity index (χ2n) is 8.97. The van der Waals surface area contributed by atoms with Crippen LogP contribution in [-0.2, 0) is 6.54 Å². The molecule has 3 rings (SSSR count). The number of benzene rings is 1. The number of amides is 1. The summed E-state index contributed by atoms with van der Waals surface area (Å²) in [6, 6.07) is 10.2. The number of carbonyl (C=O) groups is 1. The minimum Gasteiger partial charge on any atom is -0.455 e. The Hall–Kier alpha value is -2.44. The quantitative estimate of drug-likeness (QED) is 0.699. The van der Waals surface area contributed by atoms with Gasteiger partial charge >= 0.3 is 0 Å². The van der Waals surface area contributed by atoms with E-state index in [-0.39, 0.29) is 5.91 Å². The first-order valence-electron chi connectivity index (χ1n) is 11.2. The predicted molar refractivity (Wildman–Crippen MR) is 125 cm³/mol. The molecule has 2 heterocycles. The number of rotatable bonds is 6. The summed E-state index contributed by atoms with van der Waals surface area (Å²) in [5.41, 5.74) is 3.52. The van der Waals surface area contributed by atoms with Crippen molar-refractivity contribution in [3.63, 3.8) is 0 Å². The third kappa shape index (κ3) is 6.05. The van der Waals surface area contributed by atoms with Gasteiger partial charge in [-0.1, -0.05) is 6.07 Å². The second kappa shape index (κ2) is 10.2. The molecule has 168 valence electrons. The third-order valence-electron chi connectivity index (χ3n) is 5.75. The highest BCUT2D eigenvalue weighted by atomic mass is 16.5. The number of aryl methyl sites for hydroxylation is 2. The molecule has 31 heavy (non-hydrogen) atoms. The van der Waals surface area contributed by atoms with Crippen molar-refractivity contribution >= 4 is 5.91 Å². The molecule has 0 atom stereocenters. The number of pyridine rings is 1. The first-order valence-corrected chi connectivity index (χ1v) is 11.2. The van der Waals surface area contributed by atoms with Gasteiger partial charge < -0.3 is 14.5 Å². The maximum atomic E-state index is 13.3. The van der Waals surface area contributed by atoms with Crippen LogP contribution in [0.4, 0.5) is 0 Å². The molecular formula is C25H36N4O2. The van der Waals surface area contributed by atoms with Gasteiger partial charge in [-0.25, -0.2) is 0 Å². The standard InChI is InChI=1S/C25H36N4O2/c1-18(2)28-12-7-13-29(15-14-28)25(30)21-9-10-22(17-27(5)6)24(16-21)31-23-11-8-19(3)26-20(23)4/h8-11,16,18H,7,12-15,17H2,1-6H3. The summed E-state index contributed by atoms with van der Waals surface area (Å²) in [5.74, 6) is 1.51. The lowest BCUT2D eigenvalue weighted by molar-refractivity contribution is 0.0759. The molecule has 6 heteroatoms. The lowest BCUT2D eigenvalue weighted by Crippen LogP contribution is -2.37. The van der Waals surface area contributed by atoms with E-state index in [9.17, 15) is 4.79 Å². The van der Waals surface area contributed by atoms with Crippen molar-refractivity contribution in [2.24, 2.45) is 0 Å². The number of aromatic nitrogens is 1. The average molecular weight is 425 g/mol. The maximum Gasteiger partial charge on any atom is 0.254 e. The topological polar surface area (TPSA) is 48.9 Å². The highest BCUT2D eigenvalue weighted by Crippen LogP contribution is 2.30. The van der Waals surface area contributed by atoms with E-state index in [2.05, 4.69) is 28.6 Å². The van der Waals surface area contributed by atoms with Gasteiger partial charge in [0, 0.05) is 55.6 Å². The lowest BCUT2D eigenvalue weighted by atomic mass is 10.1. The van der Waals surface area contributed by atoms with Crippen molar-refractivity contribution in [2.75, 3.05) is 40.3 Å². The molecule has 0 aliphatic carbocycles. The Kier molecular flexibility index (Phi) is 7.68. The predicted octanol–water partition coefficient (Wildman–Crippen LogP) is 4.11. The molecule has 1 aromatic carbocycles. The molecule has 1 fully saturated rings. The van der Waals surface area contributed by atoms with E-state index in [1.807, 2.05) is 63.2 Å². The molecule has 0 radical (unpaired) electrons. The van der Waals surface area contributed by atoms with Crippen LogP contribution in [0.15, 0.2) is 30.3 Å². The zero-order chi connectivity index (χ0) is 22.5. The average Bonchev–Trinajstić information content (AvgIpc) is 2.97. The number of carbonyl (C=O) groups excluding carboxylic acids is 1. The summed E-state index contributed by atoms with van der Waals surface area (Å²) in [6.07, 6.45) is 1.00. The van der Waals surface area contributed by atoms with E-state index < -0.39 is 0 Å². The summed E-state index contributed by atoms with van der Waals surface area (Å²) in [5, 5.41) is 0. The Balaban J connectivity index is 1.85. The first kappa shape index (κ1) is 23.2. The zero-order valence-corrected chi connectivity index (χ0v) is 19.8. The van der Waals surface area contributed by atoms with E-state index in [1.54, 1.807) is 0 Å². The summed E-state index contributed by atoms with van der Waals surface area (Å²) < 4.78 is 6.28. The molecular weight excluding hydrogens is 388 g/mol. The van der Waals surface area contributed by atoms with Crippen molar-refractivity contribution in [1.29, 1.82) is 0 Å². The molecule has 1 aliphatic heterocycles. The van der Waals surface area contributed by atoms with Crippen LogP contribution in [0.1, 0.15) is 47.6 Å². The van der Waals surface area contributed by atoms with Gasteiger partial charge in [0.1, 0.15) is 11.5 Å². The number of nitrogens with zero attached hydrogens (tertiary/aromatic N) is 4. The van der Waals surface area contributed by atoms with Gasteiger partial charge in [-0.3, -0.25) is 14.7 Å². The molecule has 2 aromatic rings. The summed E-state index contributed by atoms with van der Waals surface area (Å²) in [6.45, 7) is 12.6. The summed E-state index contributed by atoms with van der Waals surface area (Å²) in [4.78, 5) is 24.3. The van der Waals surface area contributed by atoms with Crippen LogP contribution in [0.25, 0.3) is 0 Å². The Bertz CT molecular complexity index is 910. The van der Waals surface area contributed by atoms with Gasteiger partial charge in [-0.2, -0.15) is 0 Å². The molecule has 1 saturated heterocycles. The van der Waals surface area contributed by atoms with Crippen molar-refractivity contribution < 1.29 is 9.53 Å². The fraction of sp³-hybridized carbons (Fsp3) is 0.520. The Morgan fingerprint density at radius 1 is 1.06 bits per heavy atom. The van der Waals surface area contributed by atoms with Crippen LogP contribution >= 0.6 is 0 Å². The van der Waals surface area contributed by atoms with Crippen LogP contribution in [0.5, 0.6) is 11.5 Å². The van der Waals surface area contributed by atoms with E-state index in [1.165, 1.54) is 0 Å². The number of hydrogen-bond acceptors (Lipinski definition) is 5. The van der Waals surface area contributed by atoms with E-state index in [4.69, 9.17) is 4.74 Å².